The number of H-pyrrole nitrogens is 1. The lowest BCUT2D eigenvalue weighted by Crippen LogP contribution is -2.51. The number of nitrogens with zero attached hydrogens (tertiary/aromatic N) is 3. The molecule has 1 N–H and O–H groups in total. The third-order valence-corrected chi connectivity index (χ3v) is 5.33. The maximum absolute atomic E-state index is 12.8. The predicted molar refractivity (Wildman–Crippen MR) is 102 cm³/mol. The number of amides is 2. The Hall–Kier alpha value is -2.37. The number of carbonyl (C=O) groups is 2. The van der Waals surface area contributed by atoms with Crippen molar-refractivity contribution in [1.82, 2.24) is 19.8 Å². The molecular weight excluding hydrogens is 328 g/mol. The number of benzene rings is 1. The average Bonchev–Trinajstić information content (AvgIpc) is 3.10. The van der Waals surface area contributed by atoms with Gasteiger partial charge in [0, 0.05) is 44.1 Å². The fraction of sp³-hybridized carbons (Fsp3) is 0.550. The van der Waals surface area contributed by atoms with Crippen LogP contribution in [0.2, 0.25) is 0 Å². The predicted octanol–water partition coefficient (Wildman–Crippen LogP) is 2.85. The number of aromatic amines is 1. The molecule has 0 unspecified atom stereocenters. The molecule has 0 atom stereocenters. The molecule has 0 spiro atoms. The Morgan fingerprint density at radius 1 is 1.08 bits per heavy atom. The highest BCUT2D eigenvalue weighted by atomic mass is 16.2. The normalized spacial score (nSPS) is 15.1. The first kappa shape index (κ1) is 18.4. The molecule has 1 aromatic carbocycles. The summed E-state index contributed by atoms with van der Waals surface area (Å²) in [5, 5.41) is 0. The van der Waals surface area contributed by atoms with Gasteiger partial charge in [-0.2, -0.15) is 0 Å². The summed E-state index contributed by atoms with van der Waals surface area (Å²) >= 11 is 0. The Morgan fingerprint density at radius 3 is 2.35 bits per heavy atom. The number of nitrogens with one attached hydrogen (secondary N) is 1. The van der Waals surface area contributed by atoms with E-state index in [1.54, 1.807) is 0 Å². The van der Waals surface area contributed by atoms with Crippen LogP contribution in [0, 0.1) is 5.92 Å². The maximum atomic E-state index is 12.8. The van der Waals surface area contributed by atoms with Gasteiger partial charge >= 0.3 is 0 Å². The Kier molecular flexibility index (Phi) is 5.59. The molecule has 2 heterocycles. The van der Waals surface area contributed by atoms with E-state index < -0.39 is 0 Å². The lowest BCUT2D eigenvalue weighted by atomic mass is 10.0. The highest BCUT2D eigenvalue weighted by Crippen LogP contribution is 2.18. The Balaban J connectivity index is 1.65. The van der Waals surface area contributed by atoms with Crippen molar-refractivity contribution in [2.24, 2.45) is 5.92 Å². The van der Waals surface area contributed by atoms with Crippen LogP contribution in [0.15, 0.2) is 18.2 Å². The van der Waals surface area contributed by atoms with Crippen LogP contribution in [0.3, 0.4) is 0 Å². The highest BCUT2D eigenvalue weighted by molar-refractivity contribution is 5.97. The number of aromatic nitrogens is 2. The van der Waals surface area contributed by atoms with Gasteiger partial charge in [-0.1, -0.05) is 20.8 Å². The van der Waals surface area contributed by atoms with E-state index in [0.29, 0.717) is 31.7 Å². The molecular formula is C20H28N4O2. The minimum atomic E-state index is 0.0224. The minimum Gasteiger partial charge on any atom is -0.342 e. The van der Waals surface area contributed by atoms with Gasteiger partial charge < -0.3 is 14.8 Å². The van der Waals surface area contributed by atoms with E-state index in [-0.39, 0.29) is 17.7 Å². The molecule has 6 heteroatoms. The molecule has 0 aliphatic carbocycles. The Morgan fingerprint density at radius 2 is 1.73 bits per heavy atom. The van der Waals surface area contributed by atoms with Gasteiger partial charge in [0.05, 0.1) is 11.0 Å². The molecule has 1 saturated heterocycles. The molecule has 2 aromatic rings. The number of fused-ring (bicyclic) bond motifs is 1. The van der Waals surface area contributed by atoms with E-state index in [1.165, 1.54) is 0 Å². The quantitative estimate of drug-likeness (QED) is 0.896. The van der Waals surface area contributed by atoms with Crippen LogP contribution in [0.4, 0.5) is 0 Å². The Labute approximate surface area is 154 Å². The van der Waals surface area contributed by atoms with E-state index in [1.807, 2.05) is 34.9 Å². The van der Waals surface area contributed by atoms with E-state index in [4.69, 9.17) is 0 Å². The molecule has 2 amide bonds. The smallest absolute Gasteiger partial charge is 0.254 e. The van der Waals surface area contributed by atoms with Gasteiger partial charge in [0.2, 0.25) is 5.91 Å². The number of piperazine rings is 1. The summed E-state index contributed by atoms with van der Waals surface area (Å²) < 4.78 is 0. The molecule has 26 heavy (non-hydrogen) atoms. The summed E-state index contributed by atoms with van der Waals surface area (Å²) in [6, 6.07) is 5.61. The van der Waals surface area contributed by atoms with E-state index >= 15 is 0 Å². The second kappa shape index (κ2) is 7.89. The molecule has 1 aliphatic rings. The lowest BCUT2D eigenvalue weighted by molar-refractivity contribution is -0.137. The first-order valence-corrected chi connectivity index (χ1v) is 9.64. The summed E-state index contributed by atoms with van der Waals surface area (Å²) in [5.41, 5.74) is 2.46. The summed E-state index contributed by atoms with van der Waals surface area (Å²) in [4.78, 5) is 36.8. The van der Waals surface area contributed by atoms with Crippen molar-refractivity contribution < 1.29 is 9.59 Å². The number of rotatable bonds is 5. The van der Waals surface area contributed by atoms with Crippen LogP contribution < -0.4 is 0 Å². The zero-order valence-electron chi connectivity index (χ0n) is 15.9. The molecule has 140 valence electrons. The molecule has 1 aromatic heterocycles. The van der Waals surface area contributed by atoms with E-state index in [9.17, 15) is 9.59 Å². The van der Waals surface area contributed by atoms with Crippen LogP contribution in [-0.4, -0.2) is 57.8 Å². The van der Waals surface area contributed by atoms with E-state index in [2.05, 4.69) is 23.8 Å². The average molecular weight is 356 g/mol. The number of hydrogen-bond acceptors (Lipinski definition) is 3. The first-order chi connectivity index (χ1) is 12.6. The molecule has 0 radical (unpaired) electrons. The van der Waals surface area contributed by atoms with Gasteiger partial charge in [-0.25, -0.2) is 4.98 Å². The largest absolute Gasteiger partial charge is 0.342 e. The first-order valence-electron chi connectivity index (χ1n) is 9.64. The molecule has 0 saturated carbocycles. The van der Waals surface area contributed by atoms with Crippen molar-refractivity contribution in [2.75, 3.05) is 26.2 Å². The second-order valence-corrected chi connectivity index (χ2v) is 6.90. The second-order valence-electron chi connectivity index (χ2n) is 6.90. The van der Waals surface area contributed by atoms with Crippen molar-refractivity contribution in [3.8, 4) is 0 Å². The third kappa shape index (κ3) is 3.59. The van der Waals surface area contributed by atoms with Crippen LogP contribution in [-0.2, 0) is 11.2 Å². The van der Waals surface area contributed by atoms with Gasteiger partial charge in [-0.05, 0) is 31.0 Å². The van der Waals surface area contributed by atoms with Gasteiger partial charge in [0.1, 0.15) is 5.82 Å². The summed E-state index contributed by atoms with van der Waals surface area (Å²) in [6.45, 7) is 8.58. The zero-order valence-corrected chi connectivity index (χ0v) is 15.9. The fourth-order valence-corrected chi connectivity index (χ4v) is 3.57. The van der Waals surface area contributed by atoms with Crippen molar-refractivity contribution >= 4 is 22.8 Å². The standard InChI is InChI=1S/C20H28N4O2/c1-4-14(5-2)19(25)23-9-11-24(12-10-23)20(26)15-7-8-16-17(13-15)22-18(6-3)21-16/h7-8,13-14H,4-6,9-12H2,1-3H3,(H,21,22). The maximum Gasteiger partial charge on any atom is 0.254 e. The molecule has 3 rings (SSSR count). The van der Waals surface area contributed by atoms with E-state index in [0.717, 1.165) is 36.1 Å². The number of imidazole rings is 1. The Bertz CT molecular complexity index is 786. The van der Waals surface area contributed by atoms with Gasteiger partial charge in [-0.3, -0.25) is 9.59 Å². The topological polar surface area (TPSA) is 69.3 Å². The molecule has 0 bridgehead atoms. The van der Waals surface area contributed by atoms with Gasteiger partial charge in [0.15, 0.2) is 0 Å². The zero-order chi connectivity index (χ0) is 18.7. The van der Waals surface area contributed by atoms with Crippen LogP contribution >= 0.6 is 0 Å². The van der Waals surface area contributed by atoms with Crippen molar-refractivity contribution in [2.45, 2.75) is 40.0 Å². The van der Waals surface area contributed by atoms with Gasteiger partial charge in [-0.15, -0.1) is 0 Å². The summed E-state index contributed by atoms with van der Waals surface area (Å²) in [7, 11) is 0. The number of hydrogen-bond donors (Lipinski definition) is 1. The minimum absolute atomic E-state index is 0.0224. The van der Waals surface area contributed by atoms with Crippen LogP contribution in [0.1, 0.15) is 49.8 Å². The SMILES string of the molecule is CCc1nc2ccc(C(=O)N3CCN(C(=O)C(CC)CC)CC3)cc2[nH]1. The van der Waals surface area contributed by atoms with Crippen molar-refractivity contribution in [3.05, 3.63) is 29.6 Å². The number of aryl methyl sites for hydroxylation is 1. The van der Waals surface area contributed by atoms with Crippen LogP contribution in [0.5, 0.6) is 0 Å². The summed E-state index contributed by atoms with van der Waals surface area (Å²) in [6.07, 6.45) is 2.58. The molecule has 1 fully saturated rings. The molecule has 1 aliphatic heterocycles. The highest BCUT2D eigenvalue weighted by Gasteiger charge is 2.27. The fourth-order valence-electron chi connectivity index (χ4n) is 3.57. The third-order valence-electron chi connectivity index (χ3n) is 5.33. The van der Waals surface area contributed by atoms with Crippen molar-refractivity contribution in [3.63, 3.8) is 0 Å². The molecule has 6 nitrogen and oxygen atoms in total. The number of carbonyl (C=O) groups excluding carboxylic acids is 2. The van der Waals surface area contributed by atoms with Gasteiger partial charge in [0.25, 0.3) is 5.91 Å². The summed E-state index contributed by atoms with van der Waals surface area (Å²) in [5.74, 6) is 1.29. The lowest BCUT2D eigenvalue weighted by Gasteiger charge is -2.36. The van der Waals surface area contributed by atoms with Crippen molar-refractivity contribution in [1.29, 1.82) is 0 Å². The monoisotopic (exact) mass is 356 g/mol. The van der Waals surface area contributed by atoms with Crippen LogP contribution in [0.25, 0.3) is 11.0 Å².